The highest BCUT2D eigenvalue weighted by atomic mass is 16.5. The van der Waals surface area contributed by atoms with E-state index >= 15 is 0 Å². The van der Waals surface area contributed by atoms with Gasteiger partial charge in [0.2, 0.25) is 11.8 Å². The average Bonchev–Trinajstić information content (AvgIpc) is 3.55. The molecule has 1 heterocycles. The number of aryl methyl sites for hydroxylation is 2. The first kappa shape index (κ1) is 40.2. The van der Waals surface area contributed by atoms with Gasteiger partial charge in [-0.1, -0.05) is 32.1 Å². The van der Waals surface area contributed by atoms with Crippen molar-refractivity contribution < 1.29 is 38.1 Å². The van der Waals surface area contributed by atoms with Gasteiger partial charge in [-0.3, -0.25) is 19.2 Å². The Morgan fingerprint density at radius 3 is 1.96 bits per heavy atom. The number of amides is 3. The molecule has 3 amide bonds. The number of Topliss-reactive ketones (excluding diaryl/α,β-unsaturated/α-hetero) is 1. The number of rotatable bonds is 17. The molecule has 0 saturated heterocycles. The molecule has 3 aromatic rings. The van der Waals surface area contributed by atoms with Gasteiger partial charge in [-0.2, -0.15) is 0 Å². The first-order valence-corrected chi connectivity index (χ1v) is 17.8. The third-order valence-electron chi connectivity index (χ3n) is 8.91. The van der Waals surface area contributed by atoms with E-state index in [1.807, 2.05) is 46.0 Å². The molecular weight excluding hydrogens is 674 g/mol. The molecule has 1 aliphatic rings. The standard InChI is InChI=1S/C42H51N3O8/c1-10-33-21-31(30-12-14-32(15-13-30)44-41(48)28(6)43-40(47)18-25(2)3)24-45(33)42(49)35-23-37(51-9)39(20-27(35)5)53-17-11-16-52-38-19-26(4)34(29(7)46)22-36(38)50-8/h10,12-15,19-20,22-25,28,33H,1,11,16-18,21H2,2-9H3,(H,43,47)(H,44,48). The zero-order chi connectivity index (χ0) is 38.8. The Balaban J connectivity index is 1.38. The van der Waals surface area contributed by atoms with E-state index in [1.165, 1.54) is 21.1 Å². The van der Waals surface area contributed by atoms with Crippen molar-refractivity contribution in [1.29, 1.82) is 0 Å². The second kappa shape index (κ2) is 18.3. The van der Waals surface area contributed by atoms with Gasteiger partial charge in [-0.15, -0.1) is 6.58 Å². The van der Waals surface area contributed by atoms with Gasteiger partial charge >= 0.3 is 0 Å². The molecule has 0 aromatic heterocycles. The normalized spacial score (nSPS) is 14.2. The van der Waals surface area contributed by atoms with Crippen molar-refractivity contribution in [3.05, 3.63) is 95.2 Å². The van der Waals surface area contributed by atoms with Crippen molar-refractivity contribution in [3.8, 4) is 23.0 Å². The molecular formula is C42H51N3O8. The van der Waals surface area contributed by atoms with Crippen LogP contribution in [0.1, 0.15) is 84.4 Å². The summed E-state index contributed by atoms with van der Waals surface area (Å²) in [5.41, 5.74) is 5.07. The Morgan fingerprint density at radius 2 is 1.43 bits per heavy atom. The second-order valence-corrected chi connectivity index (χ2v) is 13.6. The van der Waals surface area contributed by atoms with Gasteiger partial charge in [0.25, 0.3) is 5.91 Å². The summed E-state index contributed by atoms with van der Waals surface area (Å²) < 4.78 is 23.0. The minimum Gasteiger partial charge on any atom is -0.493 e. The lowest BCUT2D eigenvalue weighted by atomic mass is 10.0. The maximum atomic E-state index is 14.0. The van der Waals surface area contributed by atoms with Crippen molar-refractivity contribution in [2.45, 2.75) is 72.9 Å². The van der Waals surface area contributed by atoms with E-state index in [0.29, 0.717) is 72.3 Å². The highest BCUT2D eigenvalue weighted by molar-refractivity contribution is 5.99. The summed E-state index contributed by atoms with van der Waals surface area (Å²) in [6.07, 6.45) is 5.09. The van der Waals surface area contributed by atoms with Crippen molar-refractivity contribution in [2.24, 2.45) is 5.92 Å². The Hall–Kier alpha value is -5.58. The molecule has 0 saturated carbocycles. The summed E-state index contributed by atoms with van der Waals surface area (Å²) in [6.45, 7) is 15.5. The van der Waals surface area contributed by atoms with Gasteiger partial charge in [-0.25, -0.2) is 0 Å². The third kappa shape index (κ3) is 10.3. The lowest BCUT2D eigenvalue weighted by molar-refractivity contribution is -0.126. The molecule has 11 heteroatoms. The number of nitrogens with zero attached hydrogens (tertiary/aromatic N) is 1. The molecule has 4 rings (SSSR count). The lowest BCUT2D eigenvalue weighted by Gasteiger charge is -2.22. The molecule has 3 aromatic carbocycles. The van der Waals surface area contributed by atoms with Crippen LogP contribution in [0.5, 0.6) is 23.0 Å². The number of carbonyl (C=O) groups is 4. The number of ether oxygens (including phenoxy) is 4. The summed E-state index contributed by atoms with van der Waals surface area (Å²) in [4.78, 5) is 52.3. The molecule has 11 nitrogen and oxygen atoms in total. The number of benzene rings is 3. The van der Waals surface area contributed by atoms with Gasteiger partial charge in [-0.05, 0) is 98.7 Å². The highest BCUT2D eigenvalue weighted by Crippen LogP contribution is 2.36. The molecule has 1 aliphatic heterocycles. The van der Waals surface area contributed by atoms with Gasteiger partial charge < -0.3 is 34.5 Å². The number of anilines is 1. The van der Waals surface area contributed by atoms with E-state index in [1.54, 1.807) is 54.3 Å². The van der Waals surface area contributed by atoms with Crippen LogP contribution < -0.4 is 29.6 Å². The quantitative estimate of drug-likeness (QED) is 0.0842. The average molecular weight is 726 g/mol. The van der Waals surface area contributed by atoms with Crippen LogP contribution in [0.3, 0.4) is 0 Å². The fourth-order valence-corrected chi connectivity index (χ4v) is 6.03. The molecule has 0 fully saturated rings. The zero-order valence-corrected chi connectivity index (χ0v) is 32.0. The van der Waals surface area contributed by atoms with E-state index in [9.17, 15) is 19.2 Å². The van der Waals surface area contributed by atoms with Crippen molar-refractivity contribution in [3.63, 3.8) is 0 Å². The number of hydrogen-bond acceptors (Lipinski definition) is 8. The van der Waals surface area contributed by atoms with E-state index in [-0.39, 0.29) is 35.5 Å². The van der Waals surface area contributed by atoms with Crippen LogP contribution in [0.2, 0.25) is 0 Å². The molecule has 0 bridgehead atoms. The van der Waals surface area contributed by atoms with Crippen LogP contribution in [0.25, 0.3) is 5.57 Å². The Bertz CT molecular complexity index is 1860. The van der Waals surface area contributed by atoms with Crippen LogP contribution in [-0.2, 0) is 9.59 Å². The minimum atomic E-state index is -0.673. The number of carbonyl (C=O) groups excluding carboxylic acids is 4. The van der Waals surface area contributed by atoms with Crippen LogP contribution >= 0.6 is 0 Å². The Kier molecular flexibility index (Phi) is 13.8. The summed E-state index contributed by atoms with van der Waals surface area (Å²) in [6, 6.07) is 13.4. The molecule has 2 atom stereocenters. The first-order chi connectivity index (χ1) is 25.3. The van der Waals surface area contributed by atoms with Crippen LogP contribution in [0, 0.1) is 19.8 Å². The number of nitrogens with one attached hydrogen (secondary N) is 2. The minimum absolute atomic E-state index is 0.0388. The molecule has 0 aliphatic carbocycles. The molecule has 2 unspecified atom stereocenters. The topological polar surface area (TPSA) is 132 Å². The van der Waals surface area contributed by atoms with Crippen LogP contribution in [0.15, 0.2) is 67.4 Å². The van der Waals surface area contributed by atoms with E-state index < -0.39 is 6.04 Å². The summed E-state index contributed by atoms with van der Waals surface area (Å²) >= 11 is 0. The van der Waals surface area contributed by atoms with E-state index in [0.717, 1.165) is 22.3 Å². The third-order valence-corrected chi connectivity index (χ3v) is 8.91. The Labute approximate surface area is 312 Å². The van der Waals surface area contributed by atoms with Crippen molar-refractivity contribution in [1.82, 2.24) is 10.2 Å². The zero-order valence-electron chi connectivity index (χ0n) is 32.0. The largest absolute Gasteiger partial charge is 0.493 e. The van der Waals surface area contributed by atoms with E-state index in [2.05, 4.69) is 17.2 Å². The second-order valence-electron chi connectivity index (χ2n) is 13.6. The van der Waals surface area contributed by atoms with Gasteiger partial charge in [0, 0.05) is 35.9 Å². The monoisotopic (exact) mass is 725 g/mol. The smallest absolute Gasteiger partial charge is 0.258 e. The van der Waals surface area contributed by atoms with Gasteiger partial charge in [0.1, 0.15) is 6.04 Å². The van der Waals surface area contributed by atoms with Gasteiger partial charge in [0.05, 0.1) is 33.5 Å². The number of methoxy groups -OCH3 is 2. The summed E-state index contributed by atoms with van der Waals surface area (Å²) in [5, 5.41) is 5.58. The molecule has 2 N–H and O–H groups in total. The SMILES string of the molecule is C=CC1CC(c2ccc(NC(=O)C(C)NC(=O)CC(C)C)cc2)=CN1C(=O)c1cc(OC)c(OCCCOc2cc(C)c(C(C)=O)cc2OC)cc1C. The lowest BCUT2D eigenvalue weighted by Crippen LogP contribution is -2.41. The number of ketones is 1. The fourth-order valence-electron chi connectivity index (χ4n) is 6.03. The first-order valence-electron chi connectivity index (χ1n) is 17.8. The molecule has 282 valence electrons. The summed E-state index contributed by atoms with van der Waals surface area (Å²) in [5.74, 6) is 1.49. The van der Waals surface area contributed by atoms with E-state index in [4.69, 9.17) is 18.9 Å². The van der Waals surface area contributed by atoms with Crippen molar-refractivity contribution >= 4 is 34.8 Å². The fraction of sp³-hybridized carbons (Fsp3) is 0.381. The molecule has 0 radical (unpaired) electrons. The van der Waals surface area contributed by atoms with Gasteiger partial charge in [0.15, 0.2) is 28.8 Å². The van der Waals surface area contributed by atoms with Crippen LogP contribution in [-0.4, -0.2) is 67.9 Å². The predicted octanol–water partition coefficient (Wildman–Crippen LogP) is 7.30. The maximum Gasteiger partial charge on any atom is 0.258 e. The maximum absolute atomic E-state index is 14.0. The molecule has 0 spiro atoms. The van der Waals surface area contributed by atoms with Crippen LogP contribution in [0.4, 0.5) is 5.69 Å². The molecule has 53 heavy (non-hydrogen) atoms. The number of hydrogen-bond donors (Lipinski definition) is 2. The Morgan fingerprint density at radius 1 is 0.868 bits per heavy atom. The van der Waals surface area contributed by atoms with Crippen molar-refractivity contribution in [2.75, 3.05) is 32.8 Å². The highest BCUT2D eigenvalue weighted by Gasteiger charge is 2.30. The summed E-state index contributed by atoms with van der Waals surface area (Å²) in [7, 11) is 3.07. The predicted molar refractivity (Wildman–Crippen MR) is 206 cm³/mol.